The van der Waals surface area contributed by atoms with Gasteiger partial charge in [0.25, 0.3) is 0 Å². The molecule has 3 aromatic rings. The second kappa shape index (κ2) is 7.58. The highest BCUT2D eigenvalue weighted by Crippen LogP contribution is 2.31. The van der Waals surface area contributed by atoms with E-state index < -0.39 is 0 Å². The van der Waals surface area contributed by atoms with Gasteiger partial charge in [0.2, 0.25) is 0 Å². The van der Waals surface area contributed by atoms with E-state index in [9.17, 15) is 10.2 Å². The lowest BCUT2D eigenvalue weighted by Crippen LogP contribution is -1.95. The van der Waals surface area contributed by atoms with E-state index in [1.54, 1.807) is 25.3 Å². The van der Waals surface area contributed by atoms with Gasteiger partial charge >= 0.3 is 0 Å². The first kappa shape index (κ1) is 16.7. The normalized spacial score (nSPS) is 10.9. The van der Waals surface area contributed by atoms with Gasteiger partial charge in [0, 0.05) is 18.1 Å². The molecule has 3 heteroatoms. The first-order chi connectivity index (χ1) is 12.2. The molecule has 0 fully saturated rings. The van der Waals surface area contributed by atoms with Gasteiger partial charge < -0.3 is 14.9 Å². The van der Waals surface area contributed by atoms with Crippen molar-refractivity contribution in [1.82, 2.24) is 0 Å². The van der Waals surface area contributed by atoms with Gasteiger partial charge in [0.1, 0.15) is 17.2 Å². The number of rotatable bonds is 5. The average molecular weight is 332 g/mol. The van der Waals surface area contributed by atoms with Gasteiger partial charge in [-0.3, -0.25) is 0 Å². The minimum atomic E-state index is 0.195. The molecule has 0 unspecified atom stereocenters. The van der Waals surface area contributed by atoms with Gasteiger partial charge in [0.05, 0.1) is 7.11 Å². The molecule has 0 spiro atoms. The Bertz CT molecular complexity index is 866. The molecule has 0 saturated heterocycles. The molecule has 3 aromatic carbocycles. The van der Waals surface area contributed by atoms with Crippen LogP contribution >= 0.6 is 0 Å². The predicted molar refractivity (Wildman–Crippen MR) is 101 cm³/mol. The van der Waals surface area contributed by atoms with Crippen molar-refractivity contribution in [3.8, 4) is 17.2 Å². The fraction of sp³-hybridized carbons (Fsp3) is 0.0909. The van der Waals surface area contributed by atoms with Gasteiger partial charge in [-0.05, 0) is 34.9 Å². The first-order valence-corrected chi connectivity index (χ1v) is 8.06. The molecule has 25 heavy (non-hydrogen) atoms. The number of aromatic hydroxyl groups is 2. The number of benzene rings is 3. The lowest BCUT2D eigenvalue weighted by atomic mass is 9.97. The summed E-state index contributed by atoms with van der Waals surface area (Å²) in [5.41, 5.74) is 3.81. The maximum atomic E-state index is 10.5. The fourth-order valence-electron chi connectivity index (χ4n) is 2.68. The molecule has 2 N–H and O–H groups in total. The first-order valence-electron chi connectivity index (χ1n) is 8.06. The van der Waals surface area contributed by atoms with Gasteiger partial charge in [-0.2, -0.15) is 0 Å². The summed E-state index contributed by atoms with van der Waals surface area (Å²) in [6.45, 7) is 0. The highest BCUT2D eigenvalue weighted by molar-refractivity contribution is 5.73. The van der Waals surface area contributed by atoms with Crippen molar-refractivity contribution in [2.75, 3.05) is 7.11 Å². The molecule has 0 radical (unpaired) electrons. The highest BCUT2D eigenvalue weighted by Gasteiger charge is 2.10. The van der Waals surface area contributed by atoms with E-state index in [2.05, 4.69) is 0 Å². The van der Waals surface area contributed by atoms with Crippen LogP contribution in [-0.2, 0) is 6.42 Å². The third-order valence-electron chi connectivity index (χ3n) is 4.04. The number of phenolic OH excluding ortho intramolecular Hbond substituents is 2. The van der Waals surface area contributed by atoms with Gasteiger partial charge in [-0.1, -0.05) is 54.6 Å². The zero-order chi connectivity index (χ0) is 17.6. The molecule has 0 aromatic heterocycles. The Balaban J connectivity index is 1.98. The van der Waals surface area contributed by atoms with Gasteiger partial charge in [-0.25, -0.2) is 0 Å². The largest absolute Gasteiger partial charge is 0.508 e. The Kier molecular flexibility index (Phi) is 5.05. The monoisotopic (exact) mass is 332 g/mol. The summed E-state index contributed by atoms with van der Waals surface area (Å²) in [6.07, 6.45) is 4.55. The van der Waals surface area contributed by atoms with Crippen LogP contribution in [0.4, 0.5) is 0 Å². The summed E-state index contributed by atoms with van der Waals surface area (Å²) in [4.78, 5) is 0. The van der Waals surface area contributed by atoms with Crippen LogP contribution in [0.25, 0.3) is 12.2 Å². The predicted octanol–water partition coefficient (Wildman–Crippen LogP) is 4.87. The molecule has 3 rings (SSSR count). The van der Waals surface area contributed by atoms with E-state index in [4.69, 9.17) is 4.74 Å². The van der Waals surface area contributed by atoms with E-state index in [0.717, 1.165) is 22.3 Å². The van der Waals surface area contributed by atoms with Crippen LogP contribution in [0.5, 0.6) is 17.2 Å². The van der Waals surface area contributed by atoms with E-state index >= 15 is 0 Å². The molecule has 3 nitrogen and oxygen atoms in total. The van der Waals surface area contributed by atoms with Crippen molar-refractivity contribution in [2.45, 2.75) is 6.42 Å². The zero-order valence-electron chi connectivity index (χ0n) is 14.0. The van der Waals surface area contributed by atoms with Crippen LogP contribution in [0.1, 0.15) is 22.3 Å². The Labute approximate surface area is 147 Å². The maximum Gasteiger partial charge on any atom is 0.123 e. The number of phenols is 2. The van der Waals surface area contributed by atoms with E-state index in [1.807, 2.05) is 60.7 Å². The van der Waals surface area contributed by atoms with Crippen molar-refractivity contribution in [1.29, 1.82) is 0 Å². The molecule has 0 aliphatic rings. The standard InChI is InChI=1S/C22H20O3/c1-25-20-14-18(10-7-16-5-3-2-4-6-16)21(22(24)15-20)13-17-8-11-19(23)12-9-17/h2-12,14-15,23-24H,13H2,1H3. The average Bonchev–Trinajstić information content (AvgIpc) is 2.64. The van der Waals surface area contributed by atoms with Crippen LogP contribution in [0.15, 0.2) is 66.7 Å². The summed E-state index contributed by atoms with van der Waals surface area (Å²) >= 11 is 0. The van der Waals surface area contributed by atoms with Crippen molar-refractivity contribution in [3.63, 3.8) is 0 Å². The number of ether oxygens (including phenoxy) is 1. The van der Waals surface area contributed by atoms with E-state index in [1.165, 1.54) is 0 Å². The second-order valence-electron chi connectivity index (χ2n) is 5.80. The molecule has 0 bridgehead atoms. The highest BCUT2D eigenvalue weighted by atomic mass is 16.5. The summed E-state index contributed by atoms with van der Waals surface area (Å²) in [5, 5.41) is 19.9. The van der Waals surface area contributed by atoms with Crippen LogP contribution in [-0.4, -0.2) is 17.3 Å². The Morgan fingerprint density at radius 2 is 1.60 bits per heavy atom. The summed E-state index contributed by atoms with van der Waals surface area (Å²) < 4.78 is 5.28. The van der Waals surface area contributed by atoms with E-state index in [-0.39, 0.29) is 11.5 Å². The molecule has 0 saturated carbocycles. The quantitative estimate of drug-likeness (QED) is 0.656. The summed E-state index contributed by atoms with van der Waals surface area (Å²) in [7, 11) is 1.58. The molecule has 0 aliphatic carbocycles. The Morgan fingerprint density at radius 1 is 0.880 bits per heavy atom. The summed E-state index contributed by atoms with van der Waals surface area (Å²) in [6, 6.07) is 20.5. The van der Waals surface area contributed by atoms with E-state index in [0.29, 0.717) is 12.2 Å². The van der Waals surface area contributed by atoms with Crippen molar-refractivity contribution in [3.05, 3.63) is 89.0 Å². The van der Waals surface area contributed by atoms with Crippen molar-refractivity contribution < 1.29 is 14.9 Å². The molecule has 0 aliphatic heterocycles. The van der Waals surface area contributed by atoms with Crippen molar-refractivity contribution in [2.24, 2.45) is 0 Å². The maximum absolute atomic E-state index is 10.5. The number of hydrogen-bond acceptors (Lipinski definition) is 3. The van der Waals surface area contributed by atoms with Gasteiger partial charge in [-0.15, -0.1) is 0 Å². The van der Waals surface area contributed by atoms with Crippen LogP contribution in [0.3, 0.4) is 0 Å². The number of methoxy groups -OCH3 is 1. The zero-order valence-corrected chi connectivity index (χ0v) is 14.0. The minimum absolute atomic E-state index is 0.195. The smallest absolute Gasteiger partial charge is 0.123 e. The van der Waals surface area contributed by atoms with Crippen LogP contribution in [0.2, 0.25) is 0 Å². The second-order valence-corrected chi connectivity index (χ2v) is 5.80. The molecule has 126 valence electrons. The fourth-order valence-corrected chi connectivity index (χ4v) is 2.68. The minimum Gasteiger partial charge on any atom is -0.508 e. The molecular weight excluding hydrogens is 312 g/mol. The topological polar surface area (TPSA) is 49.7 Å². The lowest BCUT2D eigenvalue weighted by Gasteiger charge is -2.12. The lowest BCUT2D eigenvalue weighted by molar-refractivity contribution is 0.406. The summed E-state index contributed by atoms with van der Waals surface area (Å²) in [5.74, 6) is 1.03. The third-order valence-corrected chi connectivity index (χ3v) is 4.04. The Hall–Kier alpha value is -3.20. The van der Waals surface area contributed by atoms with Crippen LogP contribution in [0, 0.1) is 0 Å². The van der Waals surface area contributed by atoms with Crippen LogP contribution < -0.4 is 4.74 Å². The SMILES string of the molecule is COc1cc(O)c(Cc2ccc(O)cc2)c(C=Cc2ccccc2)c1. The third kappa shape index (κ3) is 4.21. The Morgan fingerprint density at radius 3 is 2.28 bits per heavy atom. The molecule has 0 atom stereocenters. The molecule has 0 amide bonds. The molecule has 0 heterocycles. The molecular formula is C22H20O3. The number of hydrogen-bond donors (Lipinski definition) is 2. The van der Waals surface area contributed by atoms with Crippen molar-refractivity contribution >= 4 is 12.2 Å². The van der Waals surface area contributed by atoms with Gasteiger partial charge in [0.15, 0.2) is 0 Å².